The Labute approximate surface area is 183 Å². The third-order valence-electron chi connectivity index (χ3n) is 5.34. The summed E-state index contributed by atoms with van der Waals surface area (Å²) in [6.07, 6.45) is 5.43. The van der Waals surface area contributed by atoms with Gasteiger partial charge in [0.15, 0.2) is 9.84 Å². The van der Waals surface area contributed by atoms with Gasteiger partial charge in [-0.25, -0.2) is 13.2 Å². The molecule has 1 aliphatic carbocycles. The Bertz CT molecular complexity index is 960. The summed E-state index contributed by atoms with van der Waals surface area (Å²) in [6, 6.07) is 7.03. The molecule has 0 radical (unpaired) electrons. The number of urea groups is 1. The second-order valence-corrected chi connectivity index (χ2v) is 11.2. The standard InChI is InChI=1S/C22H30N2O6S/c1-21(2,27)15-30-18-8-6-7-17(13-18)22(9-10-22)16-31(28,29)12-5-3-4-11-24-14-19(25)23-20(24)26/h3-4,6-8,13,27H,5,9-12,14-16H2,1-2H3,(H,23,25,26)/b4-3+. The number of sulfone groups is 1. The summed E-state index contributed by atoms with van der Waals surface area (Å²) in [5.74, 6) is 0.415. The molecule has 1 saturated carbocycles. The molecule has 31 heavy (non-hydrogen) atoms. The van der Waals surface area contributed by atoms with Crippen LogP contribution in [0.1, 0.15) is 38.7 Å². The number of nitrogens with one attached hydrogen (secondary N) is 1. The van der Waals surface area contributed by atoms with Gasteiger partial charge in [-0.05, 0) is 50.8 Å². The maximum Gasteiger partial charge on any atom is 0.324 e. The minimum absolute atomic E-state index is 0.0303. The van der Waals surface area contributed by atoms with Crippen LogP contribution in [0.4, 0.5) is 4.79 Å². The second-order valence-electron chi connectivity index (χ2n) is 9.00. The maximum atomic E-state index is 12.7. The van der Waals surface area contributed by atoms with E-state index in [2.05, 4.69) is 5.32 Å². The summed E-state index contributed by atoms with van der Waals surface area (Å²) in [7, 11) is -3.27. The highest BCUT2D eigenvalue weighted by Gasteiger charge is 2.47. The first-order valence-electron chi connectivity index (χ1n) is 10.4. The van der Waals surface area contributed by atoms with Crippen LogP contribution >= 0.6 is 0 Å². The summed E-state index contributed by atoms with van der Waals surface area (Å²) in [5, 5.41) is 12.0. The first kappa shape index (κ1) is 23.3. The van der Waals surface area contributed by atoms with E-state index in [9.17, 15) is 23.1 Å². The molecule has 1 saturated heterocycles. The second kappa shape index (κ2) is 9.00. The van der Waals surface area contributed by atoms with E-state index < -0.39 is 21.5 Å². The molecule has 170 valence electrons. The number of allylic oxidation sites excluding steroid dienone is 1. The van der Waals surface area contributed by atoms with Crippen molar-refractivity contribution < 1.29 is 27.9 Å². The quantitative estimate of drug-likeness (QED) is 0.393. The van der Waals surface area contributed by atoms with Crippen LogP contribution in [0.2, 0.25) is 0 Å². The van der Waals surface area contributed by atoms with Crippen LogP contribution in [0.5, 0.6) is 5.75 Å². The number of carbonyl (C=O) groups is 2. The van der Waals surface area contributed by atoms with Crippen molar-refractivity contribution in [2.24, 2.45) is 0 Å². The molecule has 0 unspecified atom stereocenters. The number of hydrogen-bond acceptors (Lipinski definition) is 6. The van der Waals surface area contributed by atoms with Gasteiger partial charge in [-0.3, -0.25) is 10.1 Å². The molecule has 1 heterocycles. The first-order chi connectivity index (χ1) is 14.5. The molecule has 0 aromatic heterocycles. The zero-order chi connectivity index (χ0) is 22.7. The molecule has 3 rings (SSSR count). The minimum atomic E-state index is -3.27. The first-order valence-corrected chi connectivity index (χ1v) is 12.2. The third-order valence-corrected chi connectivity index (χ3v) is 7.19. The van der Waals surface area contributed by atoms with Crippen LogP contribution in [0, 0.1) is 0 Å². The Hall–Kier alpha value is -2.39. The van der Waals surface area contributed by atoms with E-state index in [4.69, 9.17) is 4.74 Å². The van der Waals surface area contributed by atoms with Crippen LogP contribution in [0.25, 0.3) is 0 Å². The summed E-state index contributed by atoms with van der Waals surface area (Å²) >= 11 is 0. The summed E-state index contributed by atoms with van der Waals surface area (Å²) in [6.45, 7) is 3.79. The topological polar surface area (TPSA) is 113 Å². The fourth-order valence-electron chi connectivity index (χ4n) is 3.53. The maximum absolute atomic E-state index is 12.7. The molecule has 9 heteroatoms. The van der Waals surface area contributed by atoms with Crippen molar-refractivity contribution in [1.82, 2.24) is 10.2 Å². The SMILES string of the molecule is CC(C)(O)COc1cccc(C2(CS(=O)(=O)CC/C=C/CN3CC(=O)NC3=O)CC2)c1. The zero-order valence-corrected chi connectivity index (χ0v) is 18.8. The van der Waals surface area contributed by atoms with Crippen molar-refractivity contribution in [2.75, 3.05) is 31.2 Å². The smallest absolute Gasteiger partial charge is 0.324 e. The van der Waals surface area contributed by atoms with E-state index in [-0.39, 0.29) is 42.5 Å². The van der Waals surface area contributed by atoms with Crippen molar-refractivity contribution in [2.45, 2.75) is 44.1 Å². The van der Waals surface area contributed by atoms with Crippen molar-refractivity contribution >= 4 is 21.8 Å². The van der Waals surface area contributed by atoms with E-state index in [0.717, 1.165) is 18.4 Å². The Kier molecular flexibility index (Phi) is 6.76. The van der Waals surface area contributed by atoms with Crippen LogP contribution in [0.15, 0.2) is 36.4 Å². The predicted octanol–water partition coefficient (Wildman–Crippen LogP) is 1.78. The fourth-order valence-corrected chi connectivity index (χ4v) is 5.47. The number of imide groups is 1. The van der Waals surface area contributed by atoms with Gasteiger partial charge in [-0.2, -0.15) is 0 Å². The molecule has 0 bridgehead atoms. The number of nitrogens with zero attached hydrogens (tertiary/aromatic N) is 1. The van der Waals surface area contributed by atoms with Gasteiger partial charge in [-0.1, -0.05) is 24.3 Å². The number of benzene rings is 1. The fraction of sp³-hybridized carbons (Fsp3) is 0.545. The Morgan fingerprint density at radius 2 is 2.00 bits per heavy atom. The molecule has 8 nitrogen and oxygen atoms in total. The number of amides is 3. The molecular weight excluding hydrogens is 420 g/mol. The van der Waals surface area contributed by atoms with Crippen LogP contribution in [0.3, 0.4) is 0 Å². The van der Waals surface area contributed by atoms with Crippen LogP contribution in [-0.4, -0.2) is 67.2 Å². The lowest BCUT2D eigenvalue weighted by Gasteiger charge is -2.20. The summed E-state index contributed by atoms with van der Waals surface area (Å²) < 4.78 is 31.0. The van der Waals surface area contributed by atoms with Gasteiger partial charge in [0, 0.05) is 12.0 Å². The lowest BCUT2D eigenvalue weighted by atomic mass is 9.98. The Balaban J connectivity index is 1.52. The van der Waals surface area contributed by atoms with E-state index in [1.54, 1.807) is 32.1 Å². The third kappa shape index (κ3) is 6.80. The number of hydrogen-bond donors (Lipinski definition) is 2. The molecule has 2 N–H and O–H groups in total. The summed E-state index contributed by atoms with van der Waals surface area (Å²) in [5.41, 5.74) is -0.368. The average Bonchev–Trinajstić information content (AvgIpc) is 3.37. The molecule has 3 amide bonds. The molecular formula is C22H30N2O6S. The monoisotopic (exact) mass is 450 g/mol. The number of rotatable bonds is 11. The highest BCUT2D eigenvalue weighted by atomic mass is 32.2. The van der Waals surface area contributed by atoms with E-state index in [1.165, 1.54) is 4.90 Å². The van der Waals surface area contributed by atoms with Crippen LogP contribution < -0.4 is 10.1 Å². The van der Waals surface area contributed by atoms with Gasteiger partial charge in [-0.15, -0.1) is 0 Å². The van der Waals surface area contributed by atoms with Crippen molar-refractivity contribution in [3.63, 3.8) is 0 Å². The molecule has 2 aliphatic rings. The van der Waals surface area contributed by atoms with E-state index in [1.807, 2.05) is 18.2 Å². The van der Waals surface area contributed by atoms with Gasteiger partial charge in [0.2, 0.25) is 5.91 Å². The zero-order valence-electron chi connectivity index (χ0n) is 18.0. The molecule has 1 aliphatic heterocycles. The molecule has 0 spiro atoms. The molecule has 0 atom stereocenters. The largest absolute Gasteiger partial charge is 0.491 e. The summed E-state index contributed by atoms with van der Waals surface area (Å²) in [4.78, 5) is 24.0. The minimum Gasteiger partial charge on any atom is -0.491 e. The molecule has 1 aromatic rings. The van der Waals surface area contributed by atoms with Crippen molar-refractivity contribution in [1.29, 1.82) is 0 Å². The highest BCUT2D eigenvalue weighted by molar-refractivity contribution is 7.91. The normalized spacial score (nSPS) is 18.5. The molecule has 1 aromatic carbocycles. The van der Waals surface area contributed by atoms with Gasteiger partial charge < -0.3 is 14.7 Å². The Morgan fingerprint density at radius 1 is 1.26 bits per heavy atom. The van der Waals surface area contributed by atoms with E-state index >= 15 is 0 Å². The average molecular weight is 451 g/mol. The van der Waals surface area contributed by atoms with Gasteiger partial charge in [0.25, 0.3) is 0 Å². The number of aliphatic hydroxyl groups is 1. The Morgan fingerprint density at radius 3 is 2.61 bits per heavy atom. The highest BCUT2D eigenvalue weighted by Crippen LogP contribution is 2.50. The van der Waals surface area contributed by atoms with E-state index in [0.29, 0.717) is 12.2 Å². The van der Waals surface area contributed by atoms with Gasteiger partial charge >= 0.3 is 6.03 Å². The van der Waals surface area contributed by atoms with Crippen molar-refractivity contribution in [3.8, 4) is 5.75 Å². The predicted molar refractivity (Wildman–Crippen MR) is 117 cm³/mol. The molecule has 2 fully saturated rings. The lowest BCUT2D eigenvalue weighted by molar-refractivity contribution is -0.118. The van der Waals surface area contributed by atoms with Gasteiger partial charge in [0.05, 0.1) is 17.1 Å². The van der Waals surface area contributed by atoms with Crippen LogP contribution in [-0.2, 0) is 20.0 Å². The van der Waals surface area contributed by atoms with Gasteiger partial charge in [0.1, 0.15) is 18.9 Å². The number of ether oxygens (including phenoxy) is 1. The van der Waals surface area contributed by atoms with Crippen molar-refractivity contribution in [3.05, 3.63) is 42.0 Å². The number of carbonyl (C=O) groups excluding carboxylic acids is 2. The lowest BCUT2D eigenvalue weighted by Crippen LogP contribution is -2.28.